The molecule has 2 N–H and O–H groups in total. The molecule has 2 aromatic rings. The number of likely N-dealkylation sites (tertiary alicyclic amines) is 1. The average molecular weight is 370 g/mol. The summed E-state index contributed by atoms with van der Waals surface area (Å²) in [5.74, 6) is 0.176. The molecule has 6 nitrogen and oxygen atoms in total. The van der Waals surface area contributed by atoms with Crippen LogP contribution in [0.5, 0.6) is 5.75 Å². The Morgan fingerprint density at radius 3 is 2.59 bits per heavy atom. The normalized spacial score (nSPS) is 23.8. The number of fused-ring (bicyclic) bond motifs is 1. The molecule has 0 spiro atoms. The Bertz CT molecular complexity index is 819. The maximum Gasteiger partial charge on any atom is 0.257 e. The summed E-state index contributed by atoms with van der Waals surface area (Å²) in [7, 11) is 0. The van der Waals surface area contributed by atoms with E-state index in [0.29, 0.717) is 24.0 Å². The number of carbonyl (C=O) groups is 1. The van der Waals surface area contributed by atoms with Gasteiger partial charge in [0.05, 0.1) is 18.8 Å². The largest absolute Gasteiger partial charge is 0.506 e. The van der Waals surface area contributed by atoms with E-state index in [-0.39, 0.29) is 30.1 Å². The Balaban J connectivity index is 1.51. The Morgan fingerprint density at radius 1 is 1.07 bits per heavy atom. The van der Waals surface area contributed by atoms with E-state index in [0.717, 1.165) is 38.2 Å². The summed E-state index contributed by atoms with van der Waals surface area (Å²) < 4.78 is 5.40. The van der Waals surface area contributed by atoms with Crippen molar-refractivity contribution in [3.8, 4) is 5.75 Å². The zero-order chi connectivity index (χ0) is 18.8. The molecular formula is C21H26N2O4. The predicted molar refractivity (Wildman–Crippen MR) is 103 cm³/mol. The number of nitrogens with zero attached hydrogens (tertiary/aromatic N) is 2. The lowest BCUT2D eigenvalue weighted by atomic mass is 9.96. The highest BCUT2D eigenvalue weighted by atomic mass is 16.5. The summed E-state index contributed by atoms with van der Waals surface area (Å²) in [6, 6.07) is 11.1. The zero-order valence-electron chi connectivity index (χ0n) is 15.4. The van der Waals surface area contributed by atoms with Crippen LogP contribution in [-0.4, -0.2) is 78.5 Å². The van der Waals surface area contributed by atoms with Gasteiger partial charge in [-0.05, 0) is 17.4 Å². The van der Waals surface area contributed by atoms with E-state index in [9.17, 15) is 15.0 Å². The molecule has 2 heterocycles. The topological polar surface area (TPSA) is 73.2 Å². The van der Waals surface area contributed by atoms with E-state index in [4.69, 9.17) is 4.74 Å². The SMILES string of the molecule is O=C(c1ccc2ccccc2c1O)N1C[C@@H](CN2CCOCC2)[C@@H](CO)C1. The Labute approximate surface area is 158 Å². The molecule has 2 aromatic carbocycles. The molecule has 6 heteroatoms. The van der Waals surface area contributed by atoms with Crippen molar-refractivity contribution in [1.29, 1.82) is 0 Å². The highest BCUT2D eigenvalue weighted by Gasteiger charge is 2.37. The van der Waals surface area contributed by atoms with Gasteiger partial charge in [0.1, 0.15) is 5.75 Å². The Morgan fingerprint density at radius 2 is 1.81 bits per heavy atom. The highest BCUT2D eigenvalue weighted by molar-refractivity contribution is 6.03. The molecule has 0 bridgehead atoms. The van der Waals surface area contributed by atoms with Crippen molar-refractivity contribution in [2.45, 2.75) is 0 Å². The van der Waals surface area contributed by atoms with Crippen LogP contribution in [0, 0.1) is 11.8 Å². The third kappa shape index (κ3) is 3.65. The standard InChI is InChI=1S/C21H26N2O4/c24-14-17-13-23(12-16(17)11-22-7-9-27-10-8-22)21(26)19-6-5-15-3-1-2-4-18(15)20(19)25/h1-6,16-17,24-25H,7-14H2/t16-,17-/m1/s1. The summed E-state index contributed by atoms with van der Waals surface area (Å²) >= 11 is 0. The predicted octanol–water partition coefficient (Wildman–Crippen LogP) is 1.56. The molecule has 2 aliphatic rings. The second-order valence-electron chi connectivity index (χ2n) is 7.51. The van der Waals surface area contributed by atoms with Gasteiger partial charge in [-0.15, -0.1) is 0 Å². The number of aliphatic hydroxyl groups is 1. The van der Waals surface area contributed by atoms with E-state index < -0.39 is 0 Å². The Kier molecular flexibility index (Phi) is 5.29. The molecular weight excluding hydrogens is 344 g/mol. The number of amides is 1. The summed E-state index contributed by atoms with van der Waals surface area (Å²) in [5.41, 5.74) is 0.331. The molecule has 144 valence electrons. The number of carbonyl (C=O) groups excluding carboxylic acids is 1. The molecule has 4 rings (SSSR count). The van der Waals surface area contributed by atoms with Gasteiger partial charge in [-0.2, -0.15) is 0 Å². The number of phenolic OH excluding ortho intramolecular Hbond substituents is 1. The summed E-state index contributed by atoms with van der Waals surface area (Å²) in [6.45, 7) is 5.34. The number of benzene rings is 2. The molecule has 0 unspecified atom stereocenters. The number of ether oxygens (including phenoxy) is 1. The first-order chi connectivity index (χ1) is 13.2. The third-order valence-corrected chi connectivity index (χ3v) is 5.83. The van der Waals surface area contributed by atoms with Crippen molar-refractivity contribution in [3.63, 3.8) is 0 Å². The van der Waals surface area contributed by atoms with Gasteiger partial charge >= 0.3 is 0 Å². The minimum atomic E-state index is -0.166. The number of morpholine rings is 1. The van der Waals surface area contributed by atoms with E-state index in [1.54, 1.807) is 11.0 Å². The maximum atomic E-state index is 13.1. The second-order valence-corrected chi connectivity index (χ2v) is 7.51. The molecule has 2 fully saturated rings. The summed E-state index contributed by atoms with van der Waals surface area (Å²) in [4.78, 5) is 17.2. The molecule has 0 aromatic heterocycles. The van der Waals surface area contributed by atoms with Gasteiger partial charge in [0.2, 0.25) is 0 Å². The molecule has 2 atom stereocenters. The molecule has 0 saturated carbocycles. The van der Waals surface area contributed by atoms with Gasteiger partial charge in [-0.25, -0.2) is 0 Å². The number of phenols is 1. The zero-order valence-corrected chi connectivity index (χ0v) is 15.4. The Hall–Kier alpha value is -2.15. The summed E-state index contributed by atoms with van der Waals surface area (Å²) in [5, 5.41) is 22.0. The van der Waals surface area contributed by atoms with Gasteiger partial charge in [0.25, 0.3) is 5.91 Å². The van der Waals surface area contributed by atoms with Crippen LogP contribution in [0.25, 0.3) is 10.8 Å². The van der Waals surface area contributed by atoms with Gasteiger partial charge < -0.3 is 19.8 Å². The lowest BCUT2D eigenvalue weighted by molar-refractivity contribution is 0.0264. The second kappa shape index (κ2) is 7.84. The van der Waals surface area contributed by atoms with Crippen LogP contribution in [0.3, 0.4) is 0 Å². The van der Waals surface area contributed by atoms with E-state index >= 15 is 0 Å². The van der Waals surface area contributed by atoms with Crippen molar-refractivity contribution in [2.24, 2.45) is 11.8 Å². The first kappa shape index (κ1) is 18.2. The minimum absolute atomic E-state index is 0.0373. The van der Waals surface area contributed by atoms with Crippen molar-refractivity contribution in [1.82, 2.24) is 9.80 Å². The number of rotatable bonds is 4. The maximum absolute atomic E-state index is 13.1. The van der Waals surface area contributed by atoms with Crippen LogP contribution in [-0.2, 0) is 4.74 Å². The van der Waals surface area contributed by atoms with Crippen LogP contribution < -0.4 is 0 Å². The van der Waals surface area contributed by atoms with Crippen LogP contribution in [0.1, 0.15) is 10.4 Å². The molecule has 2 saturated heterocycles. The first-order valence-corrected chi connectivity index (χ1v) is 9.58. The van der Waals surface area contributed by atoms with Crippen LogP contribution in [0.15, 0.2) is 36.4 Å². The van der Waals surface area contributed by atoms with Gasteiger partial charge in [-0.3, -0.25) is 9.69 Å². The molecule has 1 amide bonds. The van der Waals surface area contributed by atoms with Crippen molar-refractivity contribution < 1.29 is 19.7 Å². The monoisotopic (exact) mass is 370 g/mol. The van der Waals surface area contributed by atoms with E-state index in [2.05, 4.69) is 4.90 Å². The van der Waals surface area contributed by atoms with Crippen molar-refractivity contribution in [3.05, 3.63) is 42.0 Å². The minimum Gasteiger partial charge on any atom is -0.506 e. The van der Waals surface area contributed by atoms with Crippen molar-refractivity contribution in [2.75, 3.05) is 52.5 Å². The summed E-state index contributed by atoms with van der Waals surface area (Å²) in [6.07, 6.45) is 0. The molecule has 0 aliphatic carbocycles. The highest BCUT2D eigenvalue weighted by Crippen LogP contribution is 2.32. The average Bonchev–Trinajstić information content (AvgIpc) is 3.11. The fourth-order valence-electron chi connectivity index (χ4n) is 4.23. The third-order valence-electron chi connectivity index (χ3n) is 5.83. The molecule has 0 radical (unpaired) electrons. The van der Waals surface area contributed by atoms with Gasteiger partial charge in [0, 0.05) is 50.6 Å². The van der Waals surface area contributed by atoms with E-state index in [1.165, 1.54) is 0 Å². The fourth-order valence-corrected chi connectivity index (χ4v) is 4.23. The number of hydrogen-bond donors (Lipinski definition) is 2. The van der Waals surface area contributed by atoms with E-state index in [1.807, 2.05) is 30.3 Å². The number of aromatic hydroxyl groups is 1. The molecule has 2 aliphatic heterocycles. The van der Waals surface area contributed by atoms with Crippen LogP contribution in [0.2, 0.25) is 0 Å². The van der Waals surface area contributed by atoms with Crippen molar-refractivity contribution >= 4 is 16.7 Å². The lowest BCUT2D eigenvalue weighted by Crippen LogP contribution is -2.41. The lowest BCUT2D eigenvalue weighted by Gasteiger charge is -2.30. The molecule has 27 heavy (non-hydrogen) atoms. The van der Waals surface area contributed by atoms with Gasteiger partial charge in [0.15, 0.2) is 0 Å². The smallest absolute Gasteiger partial charge is 0.257 e. The van der Waals surface area contributed by atoms with Crippen LogP contribution >= 0.6 is 0 Å². The first-order valence-electron chi connectivity index (χ1n) is 9.58. The van der Waals surface area contributed by atoms with Crippen LogP contribution in [0.4, 0.5) is 0 Å². The quantitative estimate of drug-likeness (QED) is 0.855. The number of hydrogen-bond acceptors (Lipinski definition) is 5. The number of aliphatic hydroxyl groups excluding tert-OH is 1. The fraction of sp³-hybridized carbons (Fsp3) is 0.476. The van der Waals surface area contributed by atoms with Gasteiger partial charge in [-0.1, -0.05) is 30.3 Å².